The normalized spacial score (nSPS) is 11.5. The summed E-state index contributed by atoms with van der Waals surface area (Å²) in [6, 6.07) is 0. The second-order valence-corrected chi connectivity index (χ2v) is 4.57. The highest BCUT2D eigenvalue weighted by Gasteiger charge is 2.19. The summed E-state index contributed by atoms with van der Waals surface area (Å²) in [4.78, 5) is 18.5. The molecule has 1 aromatic rings. The third-order valence-electron chi connectivity index (χ3n) is 1.82. The quantitative estimate of drug-likeness (QED) is 0.758. The lowest BCUT2D eigenvalue weighted by atomic mass is 10.2. The zero-order valence-electron chi connectivity index (χ0n) is 9.91. The molecule has 90 valence electrons. The van der Waals surface area contributed by atoms with Crippen molar-refractivity contribution in [2.45, 2.75) is 39.2 Å². The molecule has 1 aromatic heterocycles. The molecule has 0 radical (unpaired) electrons. The number of aromatic amines is 1. The van der Waals surface area contributed by atoms with Crippen LogP contribution in [-0.4, -0.2) is 33.3 Å². The van der Waals surface area contributed by atoms with Crippen molar-refractivity contribution < 1.29 is 14.6 Å². The summed E-state index contributed by atoms with van der Waals surface area (Å²) in [7, 11) is 0. The van der Waals surface area contributed by atoms with E-state index in [0.29, 0.717) is 24.4 Å². The van der Waals surface area contributed by atoms with Gasteiger partial charge in [0, 0.05) is 13.0 Å². The fourth-order valence-corrected chi connectivity index (χ4v) is 1.17. The predicted octanol–water partition coefficient (Wildman–Crippen LogP) is 1.29. The van der Waals surface area contributed by atoms with Gasteiger partial charge in [-0.3, -0.25) is 0 Å². The third-order valence-corrected chi connectivity index (χ3v) is 1.82. The standard InChI is InChI=1S/C11H18N2O3/c1-11(2,3)16-10(15)8-7-12-9(13-8)5-4-6-14/h7,14H,4-6H2,1-3H3,(H,12,13). The number of aromatic nitrogens is 2. The van der Waals surface area contributed by atoms with E-state index in [9.17, 15) is 4.79 Å². The third kappa shape index (κ3) is 4.02. The van der Waals surface area contributed by atoms with Crippen molar-refractivity contribution in [3.63, 3.8) is 0 Å². The van der Waals surface area contributed by atoms with Crippen LogP contribution in [0.4, 0.5) is 0 Å². The highest BCUT2D eigenvalue weighted by Crippen LogP contribution is 2.11. The molecule has 5 heteroatoms. The number of carbonyl (C=O) groups is 1. The van der Waals surface area contributed by atoms with Crippen LogP contribution in [0.2, 0.25) is 0 Å². The summed E-state index contributed by atoms with van der Waals surface area (Å²) in [6.45, 7) is 5.55. The van der Waals surface area contributed by atoms with Crippen molar-refractivity contribution >= 4 is 5.97 Å². The van der Waals surface area contributed by atoms with Gasteiger partial charge in [0.1, 0.15) is 17.1 Å². The molecule has 0 aliphatic carbocycles. The molecule has 0 aliphatic heterocycles. The maximum Gasteiger partial charge on any atom is 0.356 e. The van der Waals surface area contributed by atoms with E-state index in [-0.39, 0.29) is 6.61 Å². The number of aryl methyl sites for hydroxylation is 1. The van der Waals surface area contributed by atoms with E-state index in [2.05, 4.69) is 9.97 Å². The molecule has 0 aromatic carbocycles. The molecule has 5 nitrogen and oxygen atoms in total. The van der Waals surface area contributed by atoms with Gasteiger partial charge in [0.25, 0.3) is 0 Å². The first kappa shape index (κ1) is 12.7. The van der Waals surface area contributed by atoms with Crippen molar-refractivity contribution in [3.05, 3.63) is 17.7 Å². The molecule has 0 saturated carbocycles. The first-order valence-electron chi connectivity index (χ1n) is 5.30. The molecule has 0 fully saturated rings. The predicted molar refractivity (Wildman–Crippen MR) is 59.2 cm³/mol. The van der Waals surface area contributed by atoms with Gasteiger partial charge in [-0.15, -0.1) is 0 Å². The van der Waals surface area contributed by atoms with E-state index in [1.54, 1.807) is 0 Å². The molecule has 1 rings (SSSR count). The van der Waals surface area contributed by atoms with Crippen LogP contribution < -0.4 is 0 Å². The average molecular weight is 226 g/mol. The van der Waals surface area contributed by atoms with E-state index in [4.69, 9.17) is 9.84 Å². The summed E-state index contributed by atoms with van der Waals surface area (Å²) in [6.07, 6.45) is 2.71. The Morgan fingerprint density at radius 1 is 1.56 bits per heavy atom. The van der Waals surface area contributed by atoms with Crippen molar-refractivity contribution in [1.82, 2.24) is 9.97 Å². The molecular weight excluding hydrogens is 208 g/mol. The van der Waals surface area contributed by atoms with Crippen molar-refractivity contribution in [2.24, 2.45) is 0 Å². The first-order valence-corrected chi connectivity index (χ1v) is 5.30. The molecule has 0 amide bonds. The van der Waals surface area contributed by atoms with Gasteiger partial charge >= 0.3 is 5.97 Å². The number of nitrogens with one attached hydrogen (secondary N) is 1. The maximum absolute atomic E-state index is 11.6. The van der Waals surface area contributed by atoms with Crippen LogP contribution in [0.1, 0.15) is 43.5 Å². The molecular formula is C11H18N2O3. The Balaban J connectivity index is 2.60. The molecule has 16 heavy (non-hydrogen) atoms. The van der Waals surface area contributed by atoms with Gasteiger partial charge in [0.2, 0.25) is 0 Å². The minimum Gasteiger partial charge on any atom is -0.455 e. The number of ether oxygens (including phenoxy) is 1. The lowest BCUT2D eigenvalue weighted by Gasteiger charge is -2.18. The molecule has 0 bridgehead atoms. The molecule has 0 unspecified atom stereocenters. The van der Waals surface area contributed by atoms with Crippen molar-refractivity contribution in [3.8, 4) is 0 Å². The molecule has 0 saturated heterocycles. The lowest BCUT2D eigenvalue weighted by Crippen LogP contribution is -2.24. The topological polar surface area (TPSA) is 75.2 Å². The number of aliphatic hydroxyl groups excluding tert-OH is 1. The molecule has 1 heterocycles. The number of hydrogen-bond acceptors (Lipinski definition) is 4. The average Bonchev–Trinajstić information content (AvgIpc) is 2.60. The summed E-state index contributed by atoms with van der Waals surface area (Å²) in [5, 5.41) is 8.66. The van der Waals surface area contributed by atoms with Gasteiger partial charge in [-0.05, 0) is 27.2 Å². The maximum atomic E-state index is 11.6. The summed E-state index contributed by atoms with van der Waals surface area (Å²) in [5.74, 6) is 0.283. The van der Waals surface area contributed by atoms with Crippen LogP contribution in [0.5, 0.6) is 0 Å². The Morgan fingerprint density at radius 3 is 2.81 bits per heavy atom. The zero-order valence-corrected chi connectivity index (χ0v) is 9.91. The van der Waals surface area contributed by atoms with Gasteiger partial charge in [-0.25, -0.2) is 9.78 Å². The summed E-state index contributed by atoms with van der Waals surface area (Å²) < 4.78 is 5.18. The summed E-state index contributed by atoms with van der Waals surface area (Å²) >= 11 is 0. The Labute approximate surface area is 94.8 Å². The number of esters is 1. The smallest absolute Gasteiger partial charge is 0.356 e. The number of imidazole rings is 1. The van der Waals surface area contributed by atoms with Crippen molar-refractivity contribution in [1.29, 1.82) is 0 Å². The first-order chi connectivity index (χ1) is 7.42. The number of H-pyrrole nitrogens is 1. The van der Waals surface area contributed by atoms with Gasteiger partial charge in [-0.2, -0.15) is 0 Å². The van der Waals surface area contributed by atoms with Crippen molar-refractivity contribution in [2.75, 3.05) is 6.61 Å². The van der Waals surface area contributed by atoms with Gasteiger partial charge in [0.05, 0.1) is 6.20 Å². The number of nitrogens with zero attached hydrogens (tertiary/aromatic N) is 1. The van der Waals surface area contributed by atoms with Crippen LogP contribution in [-0.2, 0) is 11.2 Å². The van der Waals surface area contributed by atoms with E-state index < -0.39 is 11.6 Å². The van der Waals surface area contributed by atoms with Crippen LogP contribution in [0.15, 0.2) is 6.20 Å². The molecule has 0 aliphatic rings. The number of carbonyl (C=O) groups excluding carboxylic acids is 1. The Kier molecular flexibility index (Phi) is 4.06. The van der Waals surface area contributed by atoms with Gasteiger partial charge in [-0.1, -0.05) is 0 Å². The minimum atomic E-state index is -0.506. The van der Waals surface area contributed by atoms with E-state index in [1.165, 1.54) is 6.20 Å². The van der Waals surface area contributed by atoms with Crippen LogP contribution in [0.3, 0.4) is 0 Å². The van der Waals surface area contributed by atoms with E-state index in [1.807, 2.05) is 20.8 Å². The van der Waals surface area contributed by atoms with Gasteiger partial charge in [0.15, 0.2) is 0 Å². The van der Waals surface area contributed by atoms with Gasteiger partial charge < -0.3 is 14.8 Å². The highest BCUT2D eigenvalue weighted by molar-refractivity contribution is 5.87. The van der Waals surface area contributed by atoms with Crippen LogP contribution >= 0.6 is 0 Å². The fourth-order valence-electron chi connectivity index (χ4n) is 1.17. The Morgan fingerprint density at radius 2 is 2.25 bits per heavy atom. The minimum absolute atomic E-state index is 0.114. The highest BCUT2D eigenvalue weighted by atomic mass is 16.6. The lowest BCUT2D eigenvalue weighted by molar-refractivity contribution is 0.00633. The molecule has 0 spiro atoms. The van der Waals surface area contributed by atoms with Crippen LogP contribution in [0.25, 0.3) is 0 Å². The second-order valence-electron chi connectivity index (χ2n) is 4.57. The Hall–Kier alpha value is -1.36. The molecule has 0 atom stereocenters. The Bertz CT molecular complexity index is 352. The second kappa shape index (κ2) is 5.12. The number of hydrogen-bond donors (Lipinski definition) is 2. The van der Waals surface area contributed by atoms with Crippen LogP contribution in [0, 0.1) is 0 Å². The zero-order chi connectivity index (χ0) is 12.2. The van der Waals surface area contributed by atoms with E-state index >= 15 is 0 Å². The largest absolute Gasteiger partial charge is 0.455 e. The fraction of sp³-hybridized carbons (Fsp3) is 0.636. The van der Waals surface area contributed by atoms with E-state index in [0.717, 1.165) is 0 Å². The number of aliphatic hydroxyl groups is 1. The monoisotopic (exact) mass is 226 g/mol. The summed E-state index contributed by atoms with van der Waals surface area (Å²) in [5.41, 5.74) is -0.157. The SMILES string of the molecule is CC(C)(C)OC(=O)c1cnc(CCCO)[nH]1. The number of rotatable bonds is 4. The molecule has 2 N–H and O–H groups in total.